The van der Waals surface area contributed by atoms with Crippen LogP contribution in [0.15, 0.2) is 30.6 Å². The first-order valence-electron chi connectivity index (χ1n) is 10.8. The third-order valence-corrected chi connectivity index (χ3v) is 5.62. The zero-order valence-corrected chi connectivity index (χ0v) is 18.5. The second-order valence-electron chi connectivity index (χ2n) is 7.80. The van der Waals surface area contributed by atoms with Crippen molar-refractivity contribution in [2.24, 2.45) is 0 Å². The minimum atomic E-state index is -0.843. The SMILES string of the molecule is CCN(c1ccc(C(COC)CC(=O)O)cc1Nc1cnc(C)nc1)C1CCOCC1. The number of aryl methyl sites for hydroxylation is 1. The van der Waals surface area contributed by atoms with Gasteiger partial charge in [-0.3, -0.25) is 4.79 Å². The molecule has 1 aromatic carbocycles. The lowest BCUT2D eigenvalue weighted by molar-refractivity contribution is -0.137. The van der Waals surface area contributed by atoms with Gasteiger partial charge < -0.3 is 24.8 Å². The molecule has 1 fully saturated rings. The Morgan fingerprint density at radius 3 is 2.65 bits per heavy atom. The molecule has 1 atom stereocenters. The molecule has 1 aliphatic heterocycles. The van der Waals surface area contributed by atoms with Crippen LogP contribution in [-0.2, 0) is 14.3 Å². The Kier molecular flexibility index (Phi) is 8.20. The lowest BCUT2D eigenvalue weighted by Crippen LogP contribution is -2.39. The van der Waals surface area contributed by atoms with E-state index in [1.165, 1.54) is 0 Å². The van der Waals surface area contributed by atoms with Crippen molar-refractivity contribution in [3.8, 4) is 0 Å². The Bertz CT molecular complexity index is 853. The number of carboxylic acid groups (broad SMARTS) is 1. The Hall–Kier alpha value is -2.71. The summed E-state index contributed by atoms with van der Waals surface area (Å²) in [7, 11) is 1.59. The van der Waals surface area contributed by atoms with Gasteiger partial charge in [0.15, 0.2) is 0 Å². The van der Waals surface area contributed by atoms with Crippen molar-refractivity contribution in [2.75, 3.05) is 43.7 Å². The molecule has 8 nitrogen and oxygen atoms in total. The molecule has 0 aliphatic carbocycles. The van der Waals surface area contributed by atoms with E-state index in [4.69, 9.17) is 9.47 Å². The fourth-order valence-electron chi connectivity index (χ4n) is 4.08. The van der Waals surface area contributed by atoms with E-state index in [1.807, 2.05) is 19.1 Å². The maximum absolute atomic E-state index is 11.4. The highest BCUT2D eigenvalue weighted by Crippen LogP contribution is 2.35. The van der Waals surface area contributed by atoms with Gasteiger partial charge in [0, 0.05) is 38.8 Å². The first kappa shape index (κ1) is 23.0. The van der Waals surface area contributed by atoms with Crippen LogP contribution in [0.2, 0.25) is 0 Å². The molecule has 8 heteroatoms. The molecule has 168 valence electrons. The van der Waals surface area contributed by atoms with Gasteiger partial charge in [0.05, 0.1) is 42.5 Å². The molecule has 1 unspecified atom stereocenters. The molecule has 0 spiro atoms. The van der Waals surface area contributed by atoms with Crippen molar-refractivity contribution in [2.45, 2.75) is 45.1 Å². The van der Waals surface area contributed by atoms with Crippen molar-refractivity contribution in [1.82, 2.24) is 9.97 Å². The summed E-state index contributed by atoms with van der Waals surface area (Å²) in [5, 5.41) is 12.8. The number of nitrogens with zero attached hydrogens (tertiary/aromatic N) is 3. The monoisotopic (exact) mass is 428 g/mol. The van der Waals surface area contributed by atoms with Gasteiger partial charge >= 0.3 is 5.97 Å². The van der Waals surface area contributed by atoms with E-state index in [1.54, 1.807) is 19.5 Å². The topological polar surface area (TPSA) is 96.8 Å². The third kappa shape index (κ3) is 6.15. The molecule has 31 heavy (non-hydrogen) atoms. The number of carbonyl (C=O) groups is 1. The number of hydrogen-bond acceptors (Lipinski definition) is 7. The number of ether oxygens (including phenoxy) is 2. The Morgan fingerprint density at radius 2 is 2.03 bits per heavy atom. The Morgan fingerprint density at radius 1 is 1.32 bits per heavy atom. The first-order chi connectivity index (χ1) is 15.0. The van der Waals surface area contributed by atoms with Crippen molar-refractivity contribution >= 4 is 23.0 Å². The van der Waals surface area contributed by atoms with Gasteiger partial charge in [-0.2, -0.15) is 0 Å². The number of methoxy groups -OCH3 is 1. The Balaban J connectivity index is 1.99. The maximum atomic E-state index is 11.4. The van der Waals surface area contributed by atoms with Gasteiger partial charge in [-0.1, -0.05) is 6.07 Å². The number of benzene rings is 1. The summed E-state index contributed by atoms with van der Waals surface area (Å²) in [4.78, 5) is 22.4. The van der Waals surface area contributed by atoms with E-state index >= 15 is 0 Å². The molecule has 0 radical (unpaired) electrons. The van der Waals surface area contributed by atoms with Gasteiger partial charge in [0.1, 0.15) is 5.82 Å². The zero-order valence-electron chi connectivity index (χ0n) is 18.5. The van der Waals surface area contributed by atoms with Crippen LogP contribution in [0, 0.1) is 6.92 Å². The van der Waals surface area contributed by atoms with Gasteiger partial charge in [0.25, 0.3) is 0 Å². The van der Waals surface area contributed by atoms with Crippen LogP contribution in [0.5, 0.6) is 0 Å². The van der Waals surface area contributed by atoms with Crippen molar-refractivity contribution in [1.29, 1.82) is 0 Å². The van der Waals surface area contributed by atoms with Crippen LogP contribution >= 0.6 is 0 Å². The summed E-state index contributed by atoms with van der Waals surface area (Å²) in [5.41, 5.74) is 3.69. The molecule has 1 aromatic heterocycles. The van der Waals surface area contributed by atoms with Gasteiger partial charge in [-0.05, 0) is 44.4 Å². The molecular formula is C23H32N4O4. The number of aromatic nitrogens is 2. The highest BCUT2D eigenvalue weighted by atomic mass is 16.5. The van der Waals surface area contributed by atoms with Crippen LogP contribution in [0.3, 0.4) is 0 Å². The van der Waals surface area contributed by atoms with E-state index in [-0.39, 0.29) is 12.3 Å². The average molecular weight is 429 g/mol. The highest BCUT2D eigenvalue weighted by Gasteiger charge is 2.24. The summed E-state index contributed by atoms with van der Waals surface area (Å²) in [6.45, 7) is 6.74. The molecule has 2 N–H and O–H groups in total. The first-order valence-corrected chi connectivity index (χ1v) is 10.8. The lowest BCUT2D eigenvalue weighted by atomic mass is 9.95. The second-order valence-corrected chi connectivity index (χ2v) is 7.80. The minimum absolute atomic E-state index is 0.0116. The van der Waals surface area contributed by atoms with Crippen molar-refractivity contribution in [3.05, 3.63) is 42.0 Å². The fourth-order valence-corrected chi connectivity index (χ4v) is 4.08. The number of anilines is 3. The van der Waals surface area contributed by atoms with E-state index in [2.05, 4.69) is 33.2 Å². The number of rotatable bonds is 10. The molecule has 2 aromatic rings. The smallest absolute Gasteiger partial charge is 0.304 e. The van der Waals surface area contributed by atoms with Gasteiger partial charge in [-0.15, -0.1) is 0 Å². The van der Waals surface area contributed by atoms with Crippen molar-refractivity contribution < 1.29 is 19.4 Å². The molecule has 0 bridgehead atoms. The zero-order chi connectivity index (χ0) is 22.2. The fraction of sp³-hybridized carbons (Fsp3) is 0.522. The average Bonchev–Trinajstić information content (AvgIpc) is 2.77. The summed E-state index contributed by atoms with van der Waals surface area (Å²) < 4.78 is 10.9. The number of aliphatic carboxylic acids is 1. The number of carboxylic acids is 1. The van der Waals surface area contributed by atoms with Crippen LogP contribution < -0.4 is 10.2 Å². The van der Waals surface area contributed by atoms with Gasteiger partial charge in [0.2, 0.25) is 0 Å². The molecule has 0 saturated carbocycles. The quantitative estimate of drug-likeness (QED) is 0.591. The second kappa shape index (κ2) is 11.1. The summed E-state index contributed by atoms with van der Waals surface area (Å²) >= 11 is 0. The van der Waals surface area contributed by atoms with Crippen LogP contribution in [0.1, 0.15) is 43.5 Å². The molecule has 1 aliphatic rings. The van der Waals surface area contributed by atoms with Crippen LogP contribution in [0.4, 0.5) is 17.1 Å². The van der Waals surface area contributed by atoms with Gasteiger partial charge in [-0.25, -0.2) is 9.97 Å². The molecule has 0 amide bonds. The van der Waals surface area contributed by atoms with Crippen LogP contribution in [-0.4, -0.2) is 60.6 Å². The van der Waals surface area contributed by atoms with E-state index < -0.39 is 5.97 Å². The highest BCUT2D eigenvalue weighted by molar-refractivity contribution is 5.77. The Labute approximate surface area is 183 Å². The normalized spacial score (nSPS) is 15.5. The predicted octanol–water partition coefficient (Wildman–Crippen LogP) is 3.74. The number of nitrogens with one attached hydrogen (secondary N) is 1. The van der Waals surface area contributed by atoms with Crippen molar-refractivity contribution in [3.63, 3.8) is 0 Å². The molecule has 2 heterocycles. The van der Waals surface area contributed by atoms with E-state index in [0.29, 0.717) is 18.5 Å². The van der Waals surface area contributed by atoms with E-state index in [9.17, 15) is 9.90 Å². The number of hydrogen-bond donors (Lipinski definition) is 2. The molecular weight excluding hydrogens is 396 g/mol. The largest absolute Gasteiger partial charge is 0.481 e. The summed E-state index contributed by atoms with van der Waals surface area (Å²) in [6.07, 6.45) is 5.49. The predicted molar refractivity (Wildman–Crippen MR) is 120 cm³/mol. The standard InChI is InChI=1S/C23H32N4O4/c1-4-27(20-7-9-31-10-8-20)22-6-5-17(18(15-30-3)12-23(28)29)11-21(22)26-19-13-24-16(2)25-14-19/h5-6,11,13-14,18,20,26H,4,7-10,12,15H2,1-3H3,(H,28,29). The molecule has 3 rings (SSSR count). The van der Waals surface area contributed by atoms with E-state index in [0.717, 1.165) is 55.2 Å². The molecule has 1 saturated heterocycles. The van der Waals surface area contributed by atoms with Crippen LogP contribution in [0.25, 0.3) is 0 Å². The summed E-state index contributed by atoms with van der Waals surface area (Å²) in [6, 6.07) is 6.52. The lowest BCUT2D eigenvalue weighted by Gasteiger charge is -2.36. The third-order valence-electron chi connectivity index (χ3n) is 5.62. The maximum Gasteiger partial charge on any atom is 0.304 e. The summed E-state index contributed by atoms with van der Waals surface area (Å²) in [5.74, 6) is -0.368. The minimum Gasteiger partial charge on any atom is -0.481 e.